The van der Waals surface area contributed by atoms with Crippen LogP contribution in [0.1, 0.15) is 52.7 Å². The Hall–Kier alpha value is -7.16. The van der Waals surface area contributed by atoms with Crippen LogP contribution in [0.5, 0.6) is 0 Å². The van der Waals surface area contributed by atoms with Crippen molar-refractivity contribution in [2.75, 3.05) is 4.90 Å². The van der Waals surface area contributed by atoms with Crippen LogP contribution < -0.4 is 4.90 Å². The van der Waals surface area contributed by atoms with E-state index in [-0.39, 0.29) is 10.8 Å². The Balaban J connectivity index is 1.12. The van der Waals surface area contributed by atoms with Crippen LogP contribution in [-0.4, -0.2) is 4.57 Å². The Bertz CT molecular complexity index is 3400. The first-order valence-electron chi connectivity index (χ1n) is 21.9. The molecular weight excluding hydrogens is 749 g/mol. The highest BCUT2D eigenvalue weighted by atomic mass is 15.1. The summed E-state index contributed by atoms with van der Waals surface area (Å²) in [5, 5.41) is 10.2. The van der Waals surface area contributed by atoms with Crippen LogP contribution in [-0.2, 0) is 10.8 Å². The molecule has 0 spiro atoms. The zero-order valence-electron chi connectivity index (χ0n) is 36.4. The molecule has 0 radical (unpaired) electrons. The second kappa shape index (κ2) is 14.2. The lowest BCUT2D eigenvalue weighted by Crippen LogP contribution is -2.10. The third-order valence-corrected chi connectivity index (χ3v) is 13.0. The molecule has 0 aliphatic rings. The minimum absolute atomic E-state index is 0.0390. The van der Waals surface area contributed by atoms with E-state index in [2.05, 4.69) is 245 Å². The molecule has 11 aromatic rings. The highest BCUT2D eigenvalue weighted by Gasteiger charge is 2.24. The van der Waals surface area contributed by atoms with Crippen molar-refractivity contribution in [2.45, 2.75) is 52.4 Å². The van der Waals surface area contributed by atoms with Gasteiger partial charge in [-0.05, 0) is 132 Å². The van der Waals surface area contributed by atoms with Crippen LogP contribution in [0.2, 0.25) is 0 Å². The van der Waals surface area contributed by atoms with E-state index in [1.165, 1.54) is 93.2 Å². The maximum Gasteiger partial charge on any atom is 0.0541 e. The van der Waals surface area contributed by atoms with Gasteiger partial charge in [0, 0.05) is 32.9 Å². The Kier molecular flexibility index (Phi) is 8.67. The van der Waals surface area contributed by atoms with E-state index in [0.717, 1.165) is 17.1 Å². The van der Waals surface area contributed by atoms with Crippen LogP contribution in [0.25, 0.3) is 82.1 Å². The number of hydrogen-bond donors (Lipinski definition) is 0. The van der Waals surface area contributed by atoms with E-state index < -0.39 is 0 Å². The van der Waals surface area contributed by atoms with Crippen molar-refractivity contribution in [2.24, 2.45) is 0 Å². The molecule has 0 atom stereocenters. The summed E-state index contributed by atoms with van der Waals surface area (Å²) < 4.78 is 2.52. The average Bonchev–Trinajstić information content (AvgIpc) is 3.62. The van der Waals surface area contributed by atoms with E-state index >= 15 is 0 Å². The number of para-hydroxylation sites is 1. The number of rotatable bonds is 6. The molecule has 0 saturated carbocycles. The van der Waals surface area contributed by atoms with Crippen molar-refractivity contribution >= 4 is 71.2 Å². The lowest BCUT2D eigenvalue weighted by molar-refractivity contribution is 0.590. The molecule has 0 bridgehead atoms. The van der Waals surface area contributed by atoms with Gasteiger partial charge in [0.25, 0.3) is 0 Å². The first-order chi connectivity index (χ1) is 30.0. The number of anilines is 3. The van der Waals surface area contributed by atoms with Gasteiger partial charge in [0.1, 0.15) is 0 Å². The maximum absolute atomic E-state index is 2.52. The summed E-state index contributed by atoms with van der Waals surface area (Å²) in [5.41, 5.74) is 14.6. The predicted octanol–water partition coefficient (Wildman–Crippen LogP) is 17.1. The molecule has 62 heavy (non-hydrogen) atoms. The summed E-state index contributed by atoms with van der Waals surface area (Å²) in [6.45, 7) is 13.9. The van der Waals surface area contributed by atoms with Crippen LogP contribution in [0, 0.1) is 0 Å². The smallest absolute Gasteiger partial charge is 0.0541 e. The molecule has 0 unspecified atom stereocenters. The van der Waals surface area contributed by atoms with E-state index in [1.54, 1.807) is 0 Å². The predicted molar refractivity (Wildman–Crippen MR) is 267 cm³/mol. The van der Waals surface area contributed by atoms with Gasteiger partial charge in [-0.2, -0.15) is 0 Å². The van der Waals surface area contributed by atoms with Crippen molar-refractivity contribution in [1.29, 1.82) is 0 Å². The maximum atomic E-state index is 2.52. The summed E-state index contributed by atoms with van der Waals surface area (Å²) in [7, 11) is 0. The summed E-state index contributed by atoms with van der Waals surface area (Å²) in [4.78, 5) is 2.43. The minimum Gasteiger partial charge on any atom is -0.310 e. The molecule has 10 aromatic carbocycles. The van der Waals surface area contributed by atoms with Gasteiger partial charge in [-0.25, -0.2) is 0 Å². The van der Waals surface area contributed by atoms with E-state index in [0.29, 0.717) is 0 Å². The van der Waals surface area contributed by atoms with Gasteiger partial charge in [-0.15, -0.1) is 0 Å². The van der Waals surface area contributed by atoms with Crippen LogP contribution in [0.4, 0.5) is 17.1 Å². The van der Waals surface area contributed by atoms with Gasteiger partial charge < -0.3 is 9.47 Å². The molecule has 0 amide bonds. The molecule has 0 fully saturated rings. The SMILES string of the molecule is CC(C)(C)c1ccc2c(c1)c1cc(C(C)(C)C)ccc1n2-c1ccc2ccc3c(N(c4ccccc4)c4cccc(-c5cccc(-c6ccccc6)c5)c4)ccc4ccc1c2c43. The Labute approximate surface area is 364 Å². The van der Waals surface area contributed by atoms with Gasteiger partial charge >= 0.3 is 0 Å². The molecule has 0 N–H and O–H groups in total. The van der Waals surface area contributed by atoms with Crippen LogP contribution in [0.15, 0.2) is 194 Å². The lowest BCUT2D eigenvalue weighted by Gasteiger charge is -2.28. The van der Waals surface area contributed by atoms with E-state index in [4.69, 9.17) is 0 Å². The second-order valence-electron chi connectivity index (χ2n) is 19.1. The number of benzene rings is 10. The Morgan fingerprint density at radius 3 is 1.47 bits per heavy atom. The molecule has 11 rings (SSSR count). The normalized spacial score (nSPS) is 12.4. The fraction of sp³-hybridized carbons (Fsp3) is 0.133. The van der Waals surface area contributed by atoms with Crippen molar-refractivity contribution in [3.8, 4) is 27.9 Å². The molecule has 1 aromatic heterocycles. The number of hydrogen-bond acceptors (Lipinski definition) is 1. The average molecular weight is 799 g/mol. The van der Waals surface area contributed by atoms with Gasteiger partial charge in [-0.3, -0.25) is 0 Å². The van der Waals surface area contributed by atoms with E-state index in [9.17, 15) is 0 Å². The molecule has 1 heterocycles. The second-order valence-corrected chi connectivity index (χ2v) is 19.1. The number of nitrogens with zero attached hydrogens (tertiary/aromatic N) is 2. The van der Waals surface area contributed by atoms with Gasteiger partial charge in [0.15, 0.2) is 0 Å². The number of aromatic nitrogens is 1. The molecule has 2 nitrogen and oxygen atoms in total. The Morgan fingerprint density at radius 2 is 0.839 bits per heavy atom. The molecular formula is C60H50N2. The van der Waals surface area contributed by atoms with Crippen molar-refractivity contribution < 1.29 is 0 Å². The van der Waals surface area contributed by atoms with Crippen LogP contribution in [0.3, 0.4) is 0 Å². The highest BCUT2D eigenvalue weighted by Crippen LogP contribution is 2.47. The van der Waals surface area contributed by atoms with Crippen LogP contribution >= 0.6 is 0 Å². The van der Waals surface area contributed by atoms with Gasteiger partial charge in [0.05, 0.1) is 22.4 Å². The first-order valence-corrected chi connectivity index (χ1v) is 21.9. The first kappa shape index (κ1) is 37.8. The minimum atomic E-state index is 0.0390. The quantitative estimate of drug-likeness (QED) is 0.152. The summed E-state index contributed by atoms with van der Waals surface area (Å²) in [6, 6.07) is 72.2. The zero-order chi connectivity index (χ0) is 42.3. The summed E-state index contributed by atoms with van der Waals surface area (Å²) >= 11 is 0. The zero-order valence-corrected chi connectivity index (χ0v) is 36.4. The third kappa shape index (κ3) is 6.24. The van der Waals surface area contributed by atoms with E-state index in [1.807, 2.05) is 0 Å². The van der Waals surface area contributed by atoms with Crippen molar-refractivity contribution in [3.63, 3.8) is 0 Å². The molecule has 0 aliphatic carbocycles. The standard InChI is InChI=1S/C60H50N2/c1-59(2,3)45-27-33-55-51(37-45)52-38-46(60(4,5)6)28-34-56(52)62(55)54-32-26-41-23-29-49-53(31-25-40-24-30-50(54)58(41)57(40)49)61(47-20-11-8-12-21-47)48-22-14-19-44(36-48)43-18-13-17-42(35-43)39-15-9-7-10-16-39/h7-38H,1-6H3. The van der Waals surface area contributed by atoms with Gasteiger partial charge in [-0.1, -0.05) is 169 Å². The lowest BCUT2D eigenvalue weighted by atomic mass is 9.85. The fourth-order valence-corrected chi connectivity index (χ4v) is 9.71. The monoisotopic (exact) mass is 798 g/mol. The van der Waals surface area contributed by atoms with Crippen molar-refractivity contribution in [1.82, 2.24) is 4.57 Å². The summed E-state index contributed by atoms with van der Waals surface area (Å²) in [5.74, 6) is 0. The fourth-order valence-electron chi connectivity index (χ4n) is 9.71. The highest BCUT2D eigenvalue weighted by molar-refractivity contribution is 6.27. The summed E-state index contributed by atoms with van der Waals surface area (Å²) in [6.07, 6.45) is 0. The van der Waals surface area contributed by atoms with Gasteiger partial charge in [0.2, 0.25) is 0 Å². The Morgan fingerprint density at radius 1 is 0.355 bits per heavy atom. The van der Waals surface area contributed by atoms with Crippen molar-refractivity contribution in [3.05, 3.63) is 205 Å². The third-order valence-electron chi connectivity index (χ3n) is 13.0. The topological polar surface area (TPSA) is 8.17 Å². The molecule has 0 aliphatic heterocycles. The molecule has 300 valence electrons. The molecule has 2 heteroatoms. The molecule has 0 saturated heterocycles. The number of fused-ring (bicyclic) bond motifs is 3. The largest absolute Gasteiger partial charge is 0.310 e.